The first kappa shape index (κ1) is 10.8. The number of nitrogen functional groups attached to an aromatic ring is 1. The predicted molar refractivity (Wildman–Crippen MR) is 61.0 cm³/mol. The van der Waals surface area contributed by atoms with Crippen molar-refractivity contribution in [1.82, 2.24) is 4.90 Å². The number of amides is 1. The van der Waals surface area contributed by atoms with Crippen molar-refractivity contribution >= 4 is 11.8 Å². The van der Waals surface area contributed by atoms with E-state index in [1.54, 1.807) is 29.2 Å². The van der Waals surface area contributed by atoms with Crippen LogP contribution in [0.15, 0.2) is 24.3 Å². The monoisotopic (exact) mass is 221 g/mol. The fourth-order valence-electron chi connectivity index (χ4n) is 1.69. The molecule has 86 valence electrons. The number of carbonyl (C=O) groups is 1. The highest BCUT2D eigenvalue weighted by atomic mass is 16.6. The number of likely N-dealkylation sites (tertiary alicyclic amines) is 1. The van der Waals surface area contributed by atoms with E-state index in [-0.39, 0.29) is 12.1 Å². The standard InChI is InChI=1S/C11H15N3O2/c12-8-5-6-14(7-8)11(15)16-10-4-2-1-3-9(10)13/h1-4,8H,5-7,12-13H2/t8-/m1/s1. The molecule has 1 aliphatic heterocycles. The number of ether oxygens (including phenoxy) is 1. The summed E-state index contributed by atoms with van der Waals surface area (Å²) in [6, 6.07) is 6.98. The Labute approximate surface area is 94.0 Å². The third-order valence-corrected chi connectivity index (χ3v) is 2.60. The molecule has 1 aromatic carbocycles. The molecule has 1 fully saturated rings. The van der Waals surface area contributed by atoms with Crippen LogP contribution in [0.4, 0.5) is 10.5 Å². The highest BCUT2D eigenvalue weighted by molar-refractivity contribution is 5.73. The number of hydrogen-bond acceptors (Lipinski definition) is 4. The summed E-state index contributed by atoms with van der Waals surface area (Å²) in [5, 5.41) is 0. The predicted octanol–water partition coefficient (Wildman–Crippen LogP) is 0.801. The molecule has 1 heterocycles. The van der Waals surface area contributed by atoms with Crippen LogP contribution in [0, 0.1) is 0 Å². The summed E-state index contributed by atoms with van der Waals surface area (Å²) in [7, 11) is 0. The summed E-state index contributed by atoms with van der Waals surface area (Å²) < 4.78 is 5.18. The Bertz CT molecular complexity index is 395. The first-order valence-corrected chi connectivity index (χ1v) is 5.23. The average molecular weight is 221 g/mol. The molecule has 0 radical (unpaired) electrons. The second-order valence-corrected chi connectivity index (χ2v) is 3.90. The highest BCUT2D eigenvalue weighted by Gasteiger charge is 2.25. The maximum absolute atomic E-state index is 11.7. The number of rotatable bonds is 1. The summed E-state index contributed by atoms with van der Waals surface area (Å²) in [4.78, 5) is 13.3. The molecule has 1 aromatic rings. The van der Waals surface area contributed by atoms with Gasteiger partial charge in [0.05, 0.1) is 5.69 Å². The molecule has 5 heteroatoms. The molecule has 0 aliphatic carbocycles. The second kappa shape index (κ2) is 4.40. The summed E-state index contributed by atoms with van der Waals surface area (Å²) in [6.07, 6.45) is 0.435. The molecule has 2 rings (SSSR count). The van der Waals surface area contributed by atoms with Gasteiger partial charge in [0.25, 0.3) is 0 Å². The van der Waals surface area contributed by atoms with Gasteiger partial charge in [-0.15, -0.1) is 0 Å². The summed E-state index contributed by atoms with van der Waals surface area (Å²) in [5.41, 5.74) is 11.8. The third-order valence-electron chi connectivity index (χ3n) is 2.60. The van der Waals surface area contributed by atoms with Gasteiger partial charge in [-0.3, -0.25) is 0 Å². The minimum Gasteiger partial charge on any atom is -0.408 e. The minimum absolute atomic E-state index is 0.0562. The second-order valence-electron chi connectivity index (χ2n) is 3.90. The molecule has 0 unspecified atom stereocenters. The molecule has 1 amide bonds. The zero-order chi connectivity index (χ0) is 11.5. The number of anilines is 1. The van der Waals surface area contributed by atoms with Gasteiger partial charge in [0, 0.05) is 19.1 Å². The van der Waals surface area contributed by atoms with Crippen molar-refractivity contribution in [2.24, 2.45) is 5.73 Å². The van der Waals surface area contributed by atoms with Crippen LogP contribution in [0.3, 0.4) is 0 Å². The number of carbonyl (C=O) groups excluding carboxylic acids is 1. The van der Waals surface area contributed by atoms with E-state index in [0.29, 0.717) is 24.5 Å². The quantitative estimate of drug-likeness (QED) is 0.687. The zero-order valence-electron chi connectivity index (χ0n) is 8.93. The normalized spacial score (nSPS) is 19.8. The Morgan fingerprint density at radius 1 is 1.44 bits per heavy atom. The van der Waals surface area contributed by atoms with Crippen LogP contribution in [0.5, 0.6) is 5.75 Å². The van der Waals surface area contributed by atoms with E-state index in [1.807, 2.05) is 0 Å². The van der Waals surface area contributed by atoms with E-state index in [9.17, 15) is 4.79 Å². The Morgan fingerprint density at radius 2 is 2.19 bits per heavy atom. The maximum Gasteiger partial charge on any atom is 0.415 e. The van der Waals surface area contributed by atoms with E-state index in [4.69, 9.17) is 16.2 Å². The van der Waals surface area contributed by atoms with Gasteiger partial charge in [-0.25, -0.2) is 4.79 Å². The van der Waals surface area contributed by atoms with E-state index in [2.05, 4.69) is 0 Å². The molecular formula is C11H15N3O2. The van der Waals surface area contributed by atoms with Crippen molar-refractivity contribution in [2.75, 3.05) is 18.8 Å². The van der Waals surface area contributed by atoms with Crippen molar-refractivity contribution in [3.8, 4) is 5.75 Å². The van der Waals surface area contributed by atoms with Crippen LogP contribution >= 0.6 is 0 Å². The van der Waals surface area contributed by atoms with Gasteiger partial charge in [0.2, 0.25) is 0 Å². The molecule has 1 atom stereocenters. The number of nitrogens with two attached hydrogens (primary N) is 2. The molecule has 0 bridgehead atoms. The summed E-state index contributed by atoms with van der Waals surface area (Å²) in [5.74, 6) is 0.396. The first-order valence-electron chi connectivity index (χ1n) is 5.23. The van der Waals surface area contributed by atoms with Gasteiger partial charge in [0.15, 0.2) is 5.75 Å². The Morgan fingerprint density at radius 3 is 2.81 bits per heavy atom. The van der Waals surface area contributed by atoms with Gasteiger partial charge in [-0.1, -0.05) is 12.1 Å². The maximum atomic E-state index is 11.7. The van der Waals surface area contributed by atoms with Crippen LogP contribution in [0.2, 0.25) is 0 Å². The molecule has 16 heavy (non-hydrogen) atoms. The van der Waals surface area contributed by atoms with Crippen LogP contribution in [-0.4, -0.2) is 30.1 Å². The summed E-state index contributed by atoms with van der Waals surface area (Å²) >= 11 is 0. The van der Waals surface area contributed by atoms with E-state index >= 15 is 0 Å². The molecule has 5 nitrogen and oxygen atoms in total. The number of benzene rings is 1. The fourth-order valence-corrected chi connectivity index (χ4v) is 1.69. The molecule has 0 saturated carbocycles. The van der Waals surface area contributed by atoms with Gasteiger partial charge in [-0.05, 0) is 18.6 Å². The van der Waals surface area contributed by atoms with Crippen molar-refractivity contribution in [3.05, 3.63) is 24.3 Å². The molecule has 1 saturated heterocycles. The lowest BCUT2D eigenvalue weighted by molar-refractivity contribution is 0.162. The van der Waals surface area contributed by atoms with Gasteiger partial charge in [0.1, 0.15) is 0 Å². The van der Waals surface area contributed by atoms with Crippen molar-refractivity contribution < 1.29 is 9.53 Å². The SMILES string of the molecule is Nc1ccccc1OC(=O)N1CC[C@@H](N)C1. The molecule has 0 aromatic heterocycles. The molecule has 0 spiro atoms. The van der Waals surface area contributed by atoms with E-state index in [0.717, 1.165) is 6.42 Å². The Kier molecular flexibility index (Phi) is 2.96. The average Bonchev–Trinajstić information content (AvgIpc) is 2.68. The lowest BCUT2D eigenvalue weighted by Crippen LogP contribution is -2.34. The van der Waals surface area contributed by atoms with Gasteiger partial charge in [-0.2, -0.15) is 0 Å². The molecule has 1 aliphatic rings. The largest absolute Gasteiger partial charge is 0.415 e. The minimum atomic E-state index is -0.383. The Hall–Kier alpha value is -1.75. The smallest absolute Gasteiger partial charge is 0.408 e. The van der Waals surface area contributed by atoms with Crippen LogP contribution in [0.25, 0.3) is 0 Å². The van der Waals surface area contributed by atoms with Crippen molar-refractivity contribution in [1.29, 1.82) is 0 Å². The van der Waals surface area contributed by atoms with Crippen molar-refractivity contribution in [2.45, 2.75) is 12.5 Å². The van der Waals surface area contributed by atoms with Gasteiger partial charge < -0.3 is 21.1 Å². The lowest BCUT2D eigenvalue weighted by Gasteiger charge is -2.15. The van der Waals surface area contributed by atoms with E-state index in [1.165, 1.54) is 0 Å². The van der Waals surface area contributed by atoms with Crippen LogP contribution in [0.1, 0.15) is 6.42 Å². The summed E-state index contributed by atoms with van der Waals surface area (Å²) in [6.45, 7) is 1.19. The van der Waals surface area contributed by atoms with Crippen LogP contribution < -0.4 is 16.2 Å². The first-order chi connectivity index (χ1) is 7.66. The van der Waals surface area contributed by atoms with Gasteiger partial charge >= 0.3 is 6.09 Å². The third kappa shape index (κ3) is 2.25. The topological polar surface area (TPSA) is 81.6 Å². The van der Waals surface area contributed by atoms with E-state index < -0.39 is 0 Å². The fraction of sp³-hybridized carbons (Fsp3) is 0.364. The van der Waals surface area contributed by atoms with Crippen LogP contribution in [-0.2, 0) is 0 Å². The molecule has 4 N–H and O–H groups in total. The van der Waals surface area contributed by atoms with Crippen molar-refractivity contribution in [3.63, 3.8) is 0 Å². The number of para-hydroxylation sites is 2. The zero-order valence-corrected chi connectivity index (χ0v) is 8.93. The lowest BCUT2D eigenvalue weighted by atomic mass is 10.3. The highest BCUT2D eigenvalue weighted by Crippen LogP contribution is 2.21. The Balaban J connectivity index is 2.00. The number of hydrogen-bond donors (Lipinski definition) is 2. The number of nitrogens with zero attached hydrogens (tertiary/aromatic N) is 1. The molecular weight excluding hydrogens is 206 g/mol.